The summed E-state index contributed by atoms with van der Waals surface area (Å²) in [6.07, 6.45) is -2.25. The van der Waals surface area contributed by atoms with E-state index in [1.807, 2.05) is 12.1 Å². The second-order valence-electron chi connectivity index (χ2n) is 9.07. The molecule has 1 saturated heterocycles. The van der Waals surface area contributed by atoms with Crippen LogP contribution in [0.5, 0.6) is 0 Å². The Morgan fingerprint density at radius 3 is 1.73 bits per heavy atom. The molecule has 0 spiro atoms. The topological polar surface area (TPSA) is 88.1 Å². The van der Waals surface area contributed by atoms with E-state index < -0.39 is 49.7 Å². The summed E-state index contributed by atoms with van der Waals surface area (Å²) in [7, 11) is 1.80. The Morgan fingerprint density at radius 2 is 1.23 bits per heavy atom. The van der Waals surface area contributed by atoms with Crippen LogP contribution in [0.1, 0.15) is 51.3 Å². The van der Waals surface area contributed by atoms with Crippen LogP contribution in [0.25, 0.3) is 0 Å². The standard InChI is InChI=1S/C31H33AsO7S/c1-3-32(4-2)40-27-20-25(38-30(34)23-16-10-6-11-17-23)28(39-31(35)24-18-12-7-13-19-24)26(37-27)21-36-29(33)22-14-8-5-9-15-22/h5-19,25-28H,3-4,20-21H2,1-2H3. The van der Waals surface area contributed by atoms with E-state index in [9.17, 15) is 14.4 Å². The molecule has 40 heavy (non-hydrogen) atoms. The van der Waals surface area contributed by atoms with Crippen molar-refractivity contribution in [1.29, 1.82) is 0 Å². The van der Waals surface area contributed by atoms with Gasteiger partial charge >= 0.3 is 243 Å². The van der Waals surface area contributed by atoms with Gasteiger partial charge in [-0.1, -0.05) is 0 Å². The first-order valence-corrected chi connectivity index (χ1v) is 19.1. The van der Waals surface area contributed by atoms with Crippen LogP contribution in [-0.2, 0) is 18.9 Å². The van der Waals surface area contributed by atoms with Crippen molar-refractivity contribution in [2.45, 2.75) is 54.4 Å². The van der Waals surface area contributed by atoms with E-state index in [4.69, 9.17) is 18.9 Å². The first kappa shape index (κ1) is 29.9. The number of hydrogen-bond acceptors (Lipinski definition) is 8. The summed E-state index contributed by atoms with van der Waals surface area (Å²) >= 11 is -1.24. The van der Waals surface area contributed by atoms with Gasteiger partial charge in [0, 0.05) is 0 Å². The maximum atomic E-state index is 13.1. The van der Waals surface area contributed by atoms with Crippen LogP contribution in [0.4, 0.5) is 0 Å². The minimum atomic E-state index is -1.24. The van der Waals surface area contributed by atoms with E-state index in [2.05, 4.69) is 13.8 Å². The van der Waals surface area contributed by atoms with E-state index in [-0.39, 0.29) is 12.0 Å². The Kier molecular flexibility index (Phi) is 11.3. The fraction of sp³-hybridized carbons (Fsp3) is 0.323. The van der Waals surface area contributed by atoms with Gasteiger partial charge in [0.25, 0.3) is 0 Å². The molecule has 7 nitrogen and oxygen atoms in total. The quantitative estimate of drug-likeness (QED) is 0.142. The van der Waals surface area contributed by atoms with Gasteiger partial charge in [-0.15, -0.1) is 0 Å². The number of ether oxygens (including phenoxy) is 4. The van der Waals surface area contributed by atoms with Crippen LogP contribution >= 0.6 is 10.0 Å². The number of hydrogen-bond donors (Lipinski definition) is 0. The zero-order chi connectivity index (χ0) is 28.3. The Bertz CT molecular complexity index is 1240. The first-order valence-electron chi connectivity index (χ1n) is 13.3. The number of carbonyl (C=O) groups is 3. The first-order chi connectivity index (χ1) is 19.5. The molecule has 1 heterocycles. The van der Waals surface area contributed by atoms with Crippen molar-refractivity contribution in [3.63, 3.8) is 0 Å². The SMILES string of the molecule is CC[As](CC)SC1CC(OC(=O)c2ccccc2)C(OC(=O)c2ccccc2)C(COC(=O)c2ccccc2)O1. The van der Waals surface area contributed by atoms with Gasteiger partial charge < -0.3 is 0 Å². The summed E-state index contributed by atoms with van der Waals surface area (Å²) < 4.78 is 24.0. The van der Waals surface area contributed by atoms with Gasteiger partial charge in [-0.25, -0.2) is 0 Å². The molecule has 3 aromatic rings. The number of benzene rings is 3. The van der Waals surface area contributed by atoms with Gasteiger partial charge in [-0.05, 0) is 0 Å². The van der Waals surface area contributed by atoms with Gasteiger partial charge in [-0.3, -0.25) is 0 Å². The van der Waals surface area contributed by atoms with E-state index in [0.717, 1.165) is 10.4 Å². The summed E-state index contributed by atoms with van der Waals surface area (Å²) in [6, 6.07) is 25.9. The minimum absolute atomic E-state index is 0.165. The molecule has 4 atom stereocenters. The molecule has 210 valence electrons. The van der Waals surface area contributed by atoms with Crippen molar-refractivity contribution >= 4 is 41.4 Å². The maximum absolute atomic E-state index is 13.1. The van der Waals surface area contributed by atoms with Crippen molar-refractivity contribution in [2.75, 3.05) is 6.61 Å². The summed E-state index contributed by atoms with van der Waals surface area (Å²) in [6.45, 7) is 4.19. The third-order valence-electron chi connectivity index (χ3n) is 6.36. The van der Waals surface area contributed by atoms with E-state index in [0.29, 0.717) is 23.1 Å². The Labute approximate surface area is 242 Å². The fourth-order valence-electron chi connectivity index (χ4n) is 4.26. The van der Waals surface area contributed by atoms with Crippen LogP contribution in [0.3, 0.4) is 0 Å². The van der Waals surface area contributed by atoms with Gasteiger partial charge in [0.1, 0.15) is 0 Å². The predicted octanol–water partition coefficient (Wildman–Crippen LogP) is 6.17. The number of esters is 3. The number of rotatable bonds is 11. The average molecular weight is 625 g/mol. The second kappa shape index (κ2) is 15.1. The van der Waals surface area contributed by atoms with Gasteiger partial charge in [0.15, 0.2) is 0 Å². The monoisotopic (exact) mass is 624 g/mol. The van der Waals surface area contributed by atoms with Crippen molar-refractivity contribution in [1.82, 2.24) is 0 Å². The molecular formula is C31H33AsO7S. The molecule has 0 radical (unpaired) electrons. The molecule has 4 unspecified atom stereocenters. The molecule has 4 rings (SSSR count). The zero-order valence-electron chi connectivity index (χ0n) is 22.5. The molecule has 0 saturated carbocycles. The molecule has 1 aliphatic rings. The molecule has 0 bridgehead atoms. The van der Waals surface area contributed by atoms with E-state index in [1.54, 1.807) is 88.9 Å². The van der Waals surface area contributed by atoms with Crippen LogP contribution in [0, 0.1) is 0 Å². The fourth-order valence-corrected chi connectivity index (χ4v) is 11.1. The van der Waals surface area contributed by atoms with Crippen molar-refractivity contribution in [2.24, 2.45) is 0 Å². The molecule has 0 amide bonds. The summed E-state index contributed by atoms with van der Waals surface area (Å²) in [5.41, 5.74) is 0.865. The van der Waals surface area contributed by atoms with Crippen molar-refractivity contribution < 1.29 is 33.3 Å². The second-order valence-corrected chi connectivity index (χ2v) is 18.5. The Balaban J connectivity index is 1.60. The molecule has 0 aromatic heterocycles. The van der Waals surface area contributed by atoms with Crippen molar-refractivity contribution in [3.05, 3.63) is 108 Å². The van der Waals surface area contributed by atoms with Crippen molar-refractivity contribution in [3.8, 4) is 0 Å². The normalized spacial score (nSPS) is 20.5. The van der Waals surface area contributed by atoms with E-state index >= 15 is 0 Å². The van der Waals surface area contributed by atoms with Gasteiger partial charge in [0.2, 0.25) is 0 Å². The van der Waals surface area contributed by atoms with Crippen LogP contribution < -0.4 is 0 Å². The summed E-state index contributed by atoms with van der Waals surface area (Å²) in [5.74, 6) is -1.60. The number of carbonyl (C=O) groups excluding carboxylic acids is 3. The molecule has 0 aliphatic carbocycles. The van der Waals surface area contributed by atoms with Gasteiger partial charge in [-0.2, -0.15) is 0 Å². The van der Waals surface area contributed by atoms with Crippen LogP contribution in [0.2, 0.25) is 10.4 Å². The Morgan fingerprint density at radius 1 is 0.750 bits per heavy atom. The molecular weight excluding hydrogens is 591 g/mol. The van der Waals surface area contributed by atoms with Gasteiger partial charge in [0.05, 0.1) is 0 Å². The third kappa shape index (κ3) is 8.23. The molecule has 1 fully saturated rings. The predicted molar refractivity (Wildman–Crippen MR) is 156 cm³/mol. The Hall–Kier alpha value is -3.06. The molecule has 1 aliphatic heterocycles. The zero-order valence-corrected chi connectivity index (χ0v) is 25.2. The molecule has 3 aromatic carbocycles. The van der Waals surface area contributed by atoms with Crippen LogP contribution in [0.15, 0.2) is 91.0 Å². The average Bonchev–Trinajstić information content (AvgIpc) is 3.01. The summed E-state index contributed by atoms with van der Waals surface area (Å²) in [5, 5.41) is 2.17. The summed E-state index contributed by atoms with van der Waals surface area (Å²) in [4.78, 5) is 39.0. The van der Waals surface area contributed by atoms with Crippen LogP contribution in [-0.4, -0.2) is 61.8 Å². The molecule has 9 heteroatoms. The van der Waals surface area contributed by atoms with E-state index in [1.165, 1.54) is 0 Å². The molecule has 0 N–H and O–H groups in total. The third-order valence-corrected chi connectivity index (χ3v) is 16.2.